The highest BCUT2D eigenvalue weighted by Gasteiger charge is 2.19. The molecule has 196 valence electrons. The zero-order valence-corrected chi connectivity index (χ0v) is 22.8. The topological polar surface area (TPSA) is 22.8 Å². The quantitative estimate of drug-likeness (QED) is 0.221. The zero-order chi connectivity index (χ0) is 27.6. The van der Waals surface area contributed by atoms with Crippen molar-refractivity contribution in [3.05, 3.63) is 152 Å². The van der Waals surface area contributed by atoms with Crippen molar-refractivity contribution in [2.45, 2.75) is 0 Å². The Kier molecular flexibility index (Phi) is 4.90. The second-order valence-corrected chi connectivity index (χ2v) is 10.9. The second-order valence-electron chi connectivity index (χ2n) is 10.9. The molecular weight excluding hydrogens is 510 g/mol. The van der Waals surface area contributed by atoms with Gasteiger partial charge < -0.3 is 9.13 Å². The zero-order valence-electron chi connectivity index (χ0n) is 22.8. The maximum absolute atomic E-state index is 5.09. The van der Waals surface area contributed by atoms with E-state index in [1.807, 2.05) is 6.20 Å². The fourth-order valence-electron chi connectivity index (χ4n) is 6.69. The molecular formula is C39H25N3. The van der Waals surface area contributed by atoms with Gasteiger partial charge in [-0.05, 0) is 59.3 Å². The molecule has 6 aromatic carbocycles. The first-order chi connectivity index (χ1) is 20.8. The van der Waals surface area contributed by atoms with Gasteiger partial charge in [0.05, 0.1) is 27.8 Å². The Morgan fingerprint density at radius 3 is 1.93 bits per heavy atom. The number of nitrogens with zero attached hydrogens (tertiary/aromatic N) is 3. The lowest BCUT2D eigenvalue weighted by atomic mass is 10.0. The van der Waals surface area contributed by atoms with E-state index in [1.54, 1.807) is 0 Å². The largest absolute Gasteiger partial charge is 0.309 e. The summed E-state index contributed by atoms with van der Waals surface area (Å²) in [4.78, 5) is 5.09. The van der Waals surface area contributed by atoms with E-state index < -0.39 is 0 Å². The number of aromatic nitrogens is 3. The summed E-state index contributed by atoms with van der Waals surface area (Å²) in [6.07, 6.45) is 2.05. The Hall–Kier alpha value is -5.67. The highest BCUT2D eigenvalue weighted by Crippen LogP contribution is 2.40. The van der Waals surface area contributed by atoms with E-state index in [1.165, 1.54) is 43.5 Å². The molecule has 9 aromatic rings. The first-order valence-corrected chi connectivity index (χ1v) is 14.3. The molecule has 9 rings (SSSR count). The van der Waals surface area contributed by atoms with Crippen LogP contribution >= 0.6 is 0 Å². The molecule has 0 saturated carbocycles. The molecule has 0 spiro atoms. The second kappa shape index (κ2) is 8.92. The number of fused-ring (bicyclic) bond motifs is 7. The van der Waals surface area contributed by atoms with Gasteiger partial charge in [0.15, 0.2) is 0 Å². The average molecular weight is 536 g/mol. The number of para-hydroxylation sites is 3. The summed E-state index contributed by atoms with van der Waals surface area (Å²) < 4.78 is 4.74. The van der Waals surface area contributed by atoms with Crippen LogP contribution in [0.2, 0.25) is 0 Å². The average Bonchev–Trinajstić information content (AvgIpc) is 3.57. The summed E-state index contributed by atoms with van der Waals surface area (Å²) in [5.41, 5.74) is 9.11. The normalized spacial score (nSPS) is 11.8. The molecule has 3 heterocycles. The maximum atomic E-state index is 5.09. The Bertz CT molecular complexity index is 2460. The molecule has 0 bridgehead atoms. The van der Waals surface area contributed by atoms with Crippen LogP contribution in [0.4, 0.5) is 0 Å². The summed E-state index contributed by atoms with van der Waals surface area (Å²) in [7, 11) is 0. The van der Waals surface area contributed by atoms with Crippen LogP contribution in [0, 0.1) is 0 Å². The van der Waals surface area contributed by atoms with Gasteiger partial charge in [0, 0.05) is 44.7 Å². The fraction of sp³-hybridized carbons (Fsp3) is 0. The number of rotatable bonds is 3. The summed E-state index contributed by atoms with van der Waals surface area (Å²) in [5, 5.41) is 7.29. The van der Waals surface area contributed by atoms with Crippen LogP contribution < -0.4 is 0 Å². The summed E-state index contributed by atoms with van der Waals surface area (Å²) in [5.74, 6) is 0. The number of benzene rings is 6. The predicted octanol–water partition coefficient (Wildman–Crippen LogP) is 10.1. The molecule has 0 saturated heterocycles. The van der Waals surface area contributed by atoms with Crippen molar-refractivity contribution in [2.24, 2.45) is 0 Å². The third-order valence-electron chi connectivity index (χ3n) is 8.54. The van der Waals surface area contributed by atoms with Crippen molar-refractivity contribution in [3.63, 3.8) is 0 Å². The van der Waals surface area contributed by atoms with Crippen LogP contribution in [-0.2, 0) is 0 Å². The van der Waals surface area contributed by atoms with Gasteiger partial charge in [-0.3, -0.25) is 4.98 Å². The van der Waals surface area contributed by atoms with E-state index in [0.717, 1.165) is 33.5 Å². The number of hydrogen-bond donors (Lipinski definition) is 0. The lowest BCUT2D eigenvalue weighted by Crippen LogP contribution is -1.95. The van der Waals surface area contributed by atoms with Crippen molar-refractivity contribution in [1.82, 2.24) is 14.1 Å². The molecule has 42 heavy (non-hydrogen) atoms. The van der Waals surface area contributed by atoms with E-state index >= 15 is 0 Å². The van der Waals surface area contributed by atoms with E-state index in [0.29, 0.717) is 0 Å². The van der Waals surface area contributed by atoms with Gasteiger partial charge in [0.1, 0.15) is 0 Å². The minimum absolute atomic E-state index is 0.967. The third kappa shape index (κ3) is 3.31. The molecule has 0 fully saturated rings. The van der Waals surface area contributed by atoms with Crippen LogP contribution in [-0.4, -0.2) is 14.1 Å². The van der Waals surface area contributed by atoms with Crippen molar-refractivity contribution in [1.29, 1.82) is 0 Å². The van der Waals surface area contributed by atoms with Gasteiger partial charge >= 0.3 is 0 Å². The Morgan fingerprint density at radius 2 is 1.07 bits per heavy atom. The Morgan fingerprint density at radius 1 is 0.405 bits per heavy atom. The van der Waals surface area contributed by atoms with Crippen LogP contribution in [0.5, 0.6) is 0 Å². The highest BCUT2D eigenvalue weighted by molar-refractivity contribution is 6.16. The maximum Gasteiger partial charge on any atom is 0.0730 e. The van der Waals surface area contributed by atoms with Crippen molar-refractivity contribution in [2.75, 3.05) is 0 Å². The predicted molar refractivity (Wildman–Crippen MR) is 176 cm³/mol. The molecule has 0 aliphatic carbocycles. The summed E-state index contributed by atoms with van der Waals surface area (Å²) in [6, 6.07) is 52.1. The van der Waals surface area contributed by atoms with Gasteiger partial charge in [-0.15, -0.1) is 0 Å². The van der Waals surface area contributed by atoms with Gasteiger partial charge in [-0.1, -0.05) is 97.1 Å². The molecule has 0 unspecified atom stereocenters. The van der Waals surface area contributed by atoms with Gasteiger partial charge in [0.2, 0.25) is 0 Å². The molecule has 3 aromatic heterocycles. The number of hydrogen-bond acceptors (Lipinski definition) is 1. The molecule has 0 aliphatic rings. The third-order valence-corrected chi connectivity index (χ3v) is 8.54. The SMILES string of the molecule is c1ccc(-n2c3ccccc3c3cnc(-c4cccc5c4c4ccccc4n5-c4ccc5ccccc5c4)cc32)cc1. The molecule has 0 aliphatic heterocycles. The van der Waals surface area contributed by atoms with Crippen LogP contribution in [0.3, 0.4) is 0 Å². The first kappa shape index (κ1) is 23.1. The van der Waals surface area contributed by atoms with Gasteiger partial charge in [-0.2, -0.15) is 0 Å². The molecule has 3 heteroatoms. The molecule has 0 atom stereocenters. The summed E-state index contributed by atoms with van der Waals surface area (Å²) in [6.45, 7) is 0. The smallest absolute Gasteiger partial charge is 0.0730 e. The van der Waals surface area contributed by atoms with Crippen LogP contribution in [0.25, 0.3) is 77.0 Å². The van der Waals surface area contributed by atoms with E-state index in [-0.39, 0.29) is 0 Å². The first-order valence-electron chi connectivity index (χ1n) is 14.3. The van der Waals surface area contributed by atoms with Crippen molar-refractivity contribution in [3.8, 4) is 22.6 Å². The fourth-order valence-corrected chi connectivity index (χ4v) is 6.69. The lowest BCUT2D eigenvalue weighted by Gasteiger charge is -2.10. The van der Waals surface area contributed by atoms with E-state index in [9.17, 15) is 0 Å². The van der Waals surface area contributed by atoms with Gasteiger partial charge in [0.25, 0.3) is 0 Å². The van der Waals surface area contributed by atoms with E-state index in [2.05, 4.69) is 155 Å². The molecule has 0 amide bonds. The van der Waals surface area contributed by atoms with Crippen molar-refractivity contribution >= 4 is 54.4 Å². The van der Waals surface area contributed by atoms with Crippen LogP contribution in [0.1, 0.15) is 0 Å². The standard InChI is InChI=1S/C39H25N3/c1-2-13-28(14-3-1)41-35-18-8-6-15-30(35)33-25-40-34(24-38(33)41)31-17-10-20-37-39(31)32-16-7-9-19-36(32)42(37)29-22-21-26-11-4-5-12-27(26)23-29/h1-25H. The number of pyridine rings is 1. The molecule has 0 N–H and O–H groups in total. The minimum Gasteiger partial charge on any atom is -0.309 e. The van der Waals surface area contributed by atoms with Gasteiger partial charge in [-0.25, -0.2) is 0 Å². The minimum atomic E-state index is 0.967. The highest BCUT2D eigenvalue weighted by atomic mass is 15.0. The lowest BCUT2D eigenvalue weighted by molar-refractivity contribution is 1.17. The van der Waals surface area contributed by atoms with E-state index in [4.69, 9.17) is 4.98 Å². The molecule has 0 radical (unpaired) electrons. The Balaban J connectivity index is 1.34. The Labute approximate surface area is 242 Å². The monoisotopic (exact) mass is 535 g/mol. The molecule has 3 nitrogen and oxygen atoms in total. The van der Waals surface area contributed by atoms with Crippen molar-refractivity contribution < 1.29 is 0 Å². The van der Waals surface area contributed by atoms with Crippen LogP contribution in [0.15, 0.2) is 152 Å². The summed E-state index contributed by atoms with van der Waals surface area (Å²) >= 11 is 0.